The van der Waals surface area contributed by atoms with Crippen LogP contribution in [0, 0.1) is 12.7 Å². The van der Waals surface area contributed by atoms with Crippen molar-refractivity contribution in [3.05, 3.63) is 94.7 Å². The molecule has 0 bridgehead atoms. The average Bonchev–Trinajstić information content (AvgIpc) is 3.38. The summed E-state index contributed by atoms with van der Waals surface area (Å²) >= 11 is 0. The van der Waals surface area contributed by atoms with Crippen LogP contribution in [0.4, 0.5) is 4.39 Å². The Bertz CT molecular complexity index is 1170. The molecule has 6 nitrogen and oxygen atoms in total. The topological polar surface area (TPSA) is 80.0 Å². The summed E-state index contributed by atoms with van der Waals surface area (Å²) in [4.78, 5) is 27.2. The molecule has 0 spiro atoms. The minimum absolute atomic E-state index is 0.0350. The van der Waals surface area contributed by atoms with E-state index in [4.69, 9.17) is 9.15 Å². The SMILES string of the molecule is COc1ccc([C@@H]2C(=C(O)c3ccc(C)c(F)c3)C(=O)C(=O)N2Cc2ccco2)cc1. The fourth-order valence-electron chi connectivity index (χ4n) is 3.64. The maximum absolute atomic E-state index is 14.1. The molecule has 0 unspecified atom stereocenters. The maximum atomic E-state index is 14.1. The molecule has 0 aliphatic carbocycles. The van der Waals surface area contributed by atoms with E-state index in [1.54, 1.807) is 43.3 Å². The molecule has 3 aromatic rings. The van der Waals surface area contributed by atoms with Crippen LogP contribution in [-0.4, -0.2) is 28.8 Å². The van der Waals surface area contributed by atoms with Crippen LogP contribution in [0.25, 0.3) is 5.76 Å². The number of amides is 1. The molecule has 158 valence electrons. The first-order valence-electron chi connectivity index (χ1n) is 9.62. The lowest BCUT2D eigenvalue weighted by Gasteiger charge is -2.24. The van der Waals surface area contributed by atoms with Crippen LogP contribution in [0.3, 0.4) is 0 Å². The molecule has 4 rings (SSSR count). The number of nitrogens with zero attached hydrogens (tertiary/aromatic N) is 1. The van der Waals surface area contributed by atoms with Gasteiger partial charge < -0.3 is 19.2 Å². The molecule has 2 heterocycles. The standard InChI is InChI=1S/C24H20FNO5/c1-14-5-6-16(12-19(14)25)22(27)20-21(15-7-9-17(30-2)10-8-15)26(24(29)23(20)28)13-18-4-3-11-31-18/h3-12,21,27H,13H2,1-2H3/t21-/m1/s1. The normalized spacial score (nSPS) is 17.9. The van der Waals surface area contributed by atoms with Crippen molar-refractivity contribution < 1.29 is 28.2 Å². The quantitative estimate of drug-likeness (QED) is 0.376. The molecule has 1 fully saturated rings. The van der Waals surface area contributed by atoms with Crippen molar-refractivity contribution in [1.82, 2.24) is 4.90 Å². The van der Waals surface area contributed by atoms with E-state index < -0.39 is 29.3 Å². The highest BCUT2D eigenvalue weighted by atomic mass is 19.1. The summed E-state index contributed by atoms with van der Waals surface area (Å²) in [7, 11) is 1.53. The number of furan rings is 1. The van der Waals surface area contributed by atoms with Crippen LogP contribution >= 0.6 is 0 Å². The predicted octanol–water partition coefficient (Wildman–Crippen LogP) is 4.36. The third-order valence-corrected chi connectivity index (χ3v) is 5.32. The monoisotopic (exact) mass is 421 g/mol. The first-order valence-corrected chi connectivity index (χ1v) is 9.62. The van der Waals surface area contributed by atoms with E-state index in [1.807, 2.05) is 0 Å². The van der Waals surface area contributed by atoms with Gasteiger partial charge in [-0.15, -0.1) is 0 Å². The Morgan fingerprint density at radius 2 is 1.90 bits per heavy atom. The van der Waals surface area contributed by atoms with E-state index in [-0.39, 0.29) is 17.7 Å². The van der Waals surface area contributed by atoms with Crippen LogP contribution in [0.1, 0.15) is 28.5 Å². The summed E-state index contributed by atoms with van der Waals surface area (Å²) in [6.45, 7) is 1.63. The van der Waals surface area contributed by atoms with Crippen molar-refractivity contribution in [2.75, 3.05) is 7.11 Å². The lowest BCUT2D eigenvalue weighted by Crippen LogP contribution is -2.29. The summed E-state index contributed by atoms with van der Waals surface area (Å²) in [6, 6.07) is 13.5. The molecule has 31 heavy (non-hydrogen) atoms. The first-order chi connectivity index (χ1) is 14.9. The van der Waals surface area contributed by atoms with Crippen molar-refractivity contribution in [3.63, 3.8) is 0 Å². The Balaban J connectivity index is 1.86. The van der Waals surface area contributed by atoms with E-state index in [2.05, 4.69) is 0 Å². The Morgan fingerprint density at radius 1 is 1.16 bits per heavy atom. The fraction of sp³-hybridized carbons (Fsp3) is 0.167. The van der Waals surface area contributed by atoms with Gasteiger partial charge in [-0.2, -0.15) is 0 Å². The summed E-state index contributed by atoms with van der Waals surface area (Å²) in [5.74, 6) is -1.47. The number of Topliss-reactive ketones (excluding diaryl/α,β-unsaturated/α-hetero) is 1. The summed E-state index contributed by atoms with van der Waals surface area (Å²) in [6.07, 6.45) is 1.48. The van der Waals surface area contributed by atoms with E-state index in [0.29, 0.717) is 22.6 Å². The number of rotatable bonds is 5. The summed E-state index contributed by atoms with van der Waals surface area (Å²) < 4.78 is 24.7. The zero-order chi connectivity index (χ0) is 22.1. The number of hydrogen-bond acceptors (Lipinski definition) is 5. The molecule has 1 N–H and O–H groups in total. The molecule has 1 aromatic heterocycles. The van der Waals surface area contributed by atoms with E-state index in [1.165, 1.54) is 30.4 Å². The lowest BCUT2D eigenvalue weighted by atomic mass is 9.95. The van der Waals surface area contributed by atoms with E-state index in [9.17, 15) is 19.1 Å². The van der Waals surface area contributed by atoms with Gasteiger partial charge in [-0.3, -0.25) is 9.59 Å². The number of methoxy groups -OCH3 is 1. The molecule has 1 amide bonds. The fourth-order valence-corrected chi connectivity index (χ4v) is 3.64. The molecule has 7 heteroatoms. The zero-order valence-corrected chi connectivity index (χ0v) is 17.0. The van der Waals surface area contributed by atoms with Crippen molar-refractivity contribution in [1.29, 1.82) is 0 Å². The van der Waals surface area contributed by atoms with Gasteiger partial charge in [-0.05, 0) is 48.4 Å². The van der Waals surface area contributed by atoms with Crippen LogP contribution < -0.4 is 4.74 Å². The van der Waals surface area contributed by atoms with Crippen molar-refractivity contribution in [2.45, 2.75) is 19.5 Å². The number of aliphatic hydroxyl groups excluding tert-OH is 1. The maximum Gasteiger partial charge on any atom is 0.296 e. The minimum atomic E-state index is -0.875. The molecular weight excluding hydrogens is 401 g/mol. The van der Waals surface area contributed by atoms with Crippen LogP contribution in [-0.2, 0) is 16.1 Å². The Kier molecular flexibility index (Phi) is 5.33. The number of ketones is 1. The molecule has 0 radical (unpaired) electrons. The van der Waals surface area contributed by atoms with Crippen molar-refractivity contribution >= 4 is 17.4 Å². The number of benzene rings is 2. The second-order valence-corrected chi connectivity index (χ2v) is 7.24. The second-order valence-electron chi connectivity index (χ2n) is 7.24. The number of ether oxygens (including phenoxy) is 1. The van der Waals surface area contributed by atoms with Crippen LogP contribution in [0.2, 0.25) is 0 Å². The van der Waals surface area contributed by atoms with Gasteiger partial charge in [0.1, 0.15) is 23.1 Å². The second kappa shape index (κ2) is 8.10. The number of aryl methyl sites for hydroxylation is 1. The minimum Gasteiger partial charge on any atom is -0.507 e. The van der Waals surface area contributed by atoms with Crippen molar-refractivity contribution in [3.8, 4) is 5.75 Å². The number of likely N-dealkylation sites (tertiary alicyclic amines) is 1. The van der Waals surface area contributed by atoms with E-state index in [0.717, 1.165) is 6.07 Å². The molecule has 1 aliphatic heterocycles. The lowest BCUT2D eigenvalue weighted by molar-refractivity contribution is -0.140. The number of carbonyl (C=O) groups is 2. The Hall–Kier alpha value is -3.87. The smallest absolute Gasteiger partial charge is 0.296 e. The van der Waals surface area contributed by atoms with Crippen molar-refractivity contribution in [2.24, 2.45) is 0 Å². The highest BCUT2D eigenvalue weighted by Gasteiger charge is 2.46. The predicted molar refractivity (Wildman–Crippen MR) is 111 cm³/mol. The number of carbonyl (C=O) groups excluding carboxylic acids is 2. The van der Waals surface area contributed by atoms with Gasteiger partial charge in [0.2, 0.25) is 0 Å². The number of aliphatic hydroxyl groups is 1. The molecule has 1 saturated heterocycles. The molecule has 0 saturated carbocycles. The van der Waals surface area contributed by atoms with Gasteiger partial charge in [0.05, 0.1) is 31.5 Å². The summed E-state index contributed by atoms with van der Waals surface area (Å²) in [5, 5.41) is 11.0. The zero-order valence-electron chi connectivity index (χ0n) is 17.0. The van der Waals surface area contributed by atoms with Gasteiger partial charge in [-0.25, -0.2) is 4.39 Å². The van der Waals surface area contributed by atoms with Gasteiger partial charge >= 0.3 is 0 Å². The number of halogens is 1. The first kappa shape index (κ1) is 20.4. The average molecular weight is 421 g/mol. The molecule has 1 atom stereocenters. The molecule has 1 aliphatic rings. The number of hydrogen-bond donors (Lipinski definition) is 1. The van der Waals surface area contributed by atoms with Gasteiger partial charge in [-0.1, -0.05) is 24.3 Å². The Labute approximate surface area is 178 Å². The molecular formula is C24H20FNO5. The summed E-state index contributed by atoms with van der Waals surface area (Å²) in [5.41, 5.74) is 1.02. The largest absolute Gasteiger partial charge is 0.507 e. The highest BCUT2D eigenvalue weighted by molar-refractivity contribution is 6.46. The van der Waals surface area contributed by atoms with Gasteiger partial charge in [0, 0.05) is 5.56 Å². The van der Waals surface area contributed by atoms with Crippen LogP contribution in [0.5, 0.6) is 5.75 Å². The van der Waals surface area contributed by atoms with E-state index >= 15 is 0 Å². The molecule has 2 aromatic carbocycles. The third-order valence-electron chi connectivity index (χ3n) is 5.32. The van der Waals surface area contributed by atoms with Gasteiger partial charge in [0.15, 0.2) is 0 Å². The highest BCUT2D eigenvalue weighted by Crippen LogP contribution is 2.40. The van der Waals surface area contributed by atoms with Crippen LogP contribution in [0.15, 0.2) is 70.9 Å². The van der Waals surface area contributed by atoms with Gasteiger partial charge in [0.25, 0.3) is 11.7 Å². The third kappa shape index (κ3) is 3.70. The Morgan fingerprint density at radius 3 is 2.52 bits per heavy atom.